The Bertz CT molecular complexity index is 188. The fraction of sp³-hybridized carbons (Fsp3) is 1.00. The summed E-state index contributed by atoms with van der Waals surface area (Å²) < 4.78 is 0. The molecule has 0 spiro atoms. The van der Waals surface area contributed by atoms with Gasteiger partial charge in [-0.05, 0) is 49.5 Å². The molecule has 2 fully saturated rings. The van der Waals surface area contributed by atoms with E-state index in [1.807, 2.05) is 0 Å². The summed E-state index contributed by atoms with van der Waals surface area (Å²) in [7, 11) is 0. The average Bonchev–Trinajstić information content (AvgIpc) is 3.01. The molecule has 15 heavy (non-hydrogen) atoms. The lowest BCUT2D eigenvalue weighted by molar-refractivity contribution is 0.298. The fourth-order valence-corrected chi connectivity index (χ4v) is 3.04. The molecule has 0 aliphatic heterocycles. The zero-order chi connectivity index (χ0) is 10.7. The van der Waals surface area contributed by atoms with Gasteiger partial charge in [0.05, 0.1) is 0 Å². The van der Waals surface area contributed by atoms with E-state index >= 15 is 0 Å². The molecule has 0 amide bonds. The minimum absolute atomic E-state index is 0.689. The van der Waals surface area contributed by atoms with Gasteiger partial charge in [0, 0.05) is 6.54 Å². The molecule has 0 aromatic carbocycles. The van der Waals surface area contributed by atoms with Crippen LogP contribution in [0.2, 0.25) is 0 Å². The largest absolute Gasteiger partial charge is 0.316 e. The van der Waals surface area contributed by atoms with Crippen molar-refractivity contribution in [3.63, 3.8) is 0 Å². The minimum atomic E-state index is 0.689. The Kier molecular flexibility index (Phi) is 3.71. The minimum Gasteiger partial charge on any atom is -0.316 e. The van der Waals surface area contributed by atoms with Gasteiger partial charge in [0.1, 0.15) is 0 Å². The Morgan fingerprint density at radius 3 is 2.33 bits per heavy atom. The highest BCUT2D eigenvalue weighted by molar-refractivity contribution is 4.97. The second-order valence-corrected chi connectivity index (χ2v) is 6.15. The van der Waals surface area contributed by atoms with Crippen LogP contribution in [0.4, 0.5) is 0 Å². The molecule has 1 nitrogen and oxygen atoms in total. The van der Waals surface area contributed by atoms with Crippen molar-refractivity contribution in [2.75, 3.05) is 13.1 Å². The molecule has 2 aliphatic rings. The van der Waals surface area contributed by atoms with Crippen LogP contribution < -0.4 is 5.32 Å². The Balaban J connectivity index is 1.62. The lowest BCUT2D eigenvalue weighted by atomic mass is 9.88. The molecule has 1 heteroatoms. The van der Waals surface area contributed by atoms with E-state index in [2.05, 4.69) is 19.2 Å². The fourth-order valence-electron chi connectivity index (χ4n) is 3.04. The summed E-state index contributed by atoms with van der Waals surface area (Å²) in [5, 5.41) is 3.74. The van der Waals surface area contributed by atoms with Gasteiger partial charge in [-0.3, -0.25) is 0 Å². The maximum Gasteiger partial charge on any atom is 0.00104 e. The van der Waals surface area contributed by atoms with Crippen molar-refractivity contribution >= 4 is 0 Å². The molecule has 0 bridgehead atoms. The van der Waals surface area contributed by atoms with Crippen LogP contribution in [-0.4, -0.2) is 13.1 Å². The van der Waals surface area contributed by atoms with Crippen molar-refractivity contribution in [2.24, 2.45) is 17.3 Å². The van der Waals surface area contributed by atoms with Crippen molar-refractivity contribution < 1.29 is 0 Å². The standard InChI is InChI=1S/C14H27N/c1-12(2)14(8-9-14)11-15-10-13-6-4-3-5-7-13/h12-13,15H,3-11H2,1-2H3. The van der Waals surface area contributed by atoms with E-state index in [0.717, 1.165) is 11.8 Å². The van der Waals surface area contributed by atoms with Crippen LogP contribution in [-0.2, 0) is 0 Å². The van der Waals surface area contributed by atoms with Gasteiger partial charge in [0.25, 0.3) is 0 Å². The number of hydrogen-bond acceptors (Lipinski definition) is 1. The van der Waals surface area contributed by atoms with Crippen molar-refractivity contribution in [2.45, 2.75) is 58.8 Å². The van der Waals surface area contributed by atoms with Gasteiger partial charge < -0.3 is 5.32 Å². The Labute approximate surface area is 95.0 Å². The van der Waals surface area contributed by atoms with Crippen molar-refractivity contribution in [3.8, 4) is 0 Å². The monoisotopic (exact) mass is 209 g/mol. The zero-order valence-electron chi connectivity index (χ0n) is 10.5. The van der Waals surface area contributed by atoms with Crippen molar-refractivity contribution in [1.82, 2.24) is 5.32 Å². The topological polar surface area (TPSA) is 12.0 Å². The summed E-state index contributed by atoms with van der Waals surface area (Å²) in [4.78, 5) is 0. The van der Waals surface area contributed by atoms with Crippen molar-refractivity contribution in [1.29, 1.82) is 0 Å². The zero-order valence-corrected chi connectivity index (χ0v) is 10.5. The molecular weight excluding hydrogens is 182 g/mol. The molecule has 0 heterocycles. The lowest BCUT2D eigenvalue weighted by Crippen LogP contribution is -2.32. The predicted octanol–water partition coefficient (Wildman–Crippen LogP) is 3.59. The molecule has 0 aromatic heterocycles. The highest BCUT2D eigenvalue weighted by atomic mass is 14.9. The molecule has 0 atom stereocenters. The normalized spacial score (nSPS) is 25.8. The van der Waals surface area contributed by atoms with E-state index in [1.165, 1.54) is 58.0 Å². The lowest BCUT2D eigenvalue weighted by Gasteiger charge is -2.25. The van der Waals surface area contributed by atoms with Crippen LogP contribution >= 0.6 is 0 Å². The Hall–Kier alpha value is -0.0400. The Morgan fingerprint density at radius 2 is 1.80 bits per heavy atom. The molecule has 0 unspecified atom stereocenters. The molecule has 2 aliphatic carbocycles. The first kappa shape index (κ1) is 11.4. The Morgan fingerprint density at radius 1 is 1.13 bits per heavy atom. The molecule has 2 saturated carbocycles. The quantitative estimate of drug-likeness (QED) is 0.729. The summed E-state index contributed by atoms with van der Waals surface area (Å²) in [5.41, 5.74) is 0.689. The SMILES string of the molecule is CC(C)C1(CNCC2CCCCC2)CC1. The van der Waals surface area contributed by atoms with Crippen LogP contribution in [0.1, 0.15) is 58.8 Å². The molecule has 0 radical (unpaired) electrons. The molecule has 0 saturated heterocycles. The molecule has 88 valence electrons. The van der Waals surface area contributed by atoms with E-state index in [4.69, 9.17) is 0 Å². The van der Waals surface area contributed by atoms with E-state index in [1.54, 1.807) is 0 Å². The third kappa shape index (κ3) is 2.96. The first-order chi connectivity index (χ1) is 7.23. The first-order valence-corrected chi connectivity index (χ1v) is 6.94. The maximum atomic E-state index is 3.74. The van der Waals surface area contributed by atoms with Crippen LogP contribution in [0.5, 0.6) is 0 Å². The number of nitrogens with one attached hydrogen (secondary N) is 1. The number of rotatable bonds is 5. The second-order valence-electron chi connectivity index (χ2n) is 6.15. The third-order valence-corrected chi connectivity index (χ3v) is 4.75. The van der Waals surface area contributed by atoms with E-state index in [9.17, 15) is 0 Å². The summed E-state index contributed by atoms with van der Waals surface area (Å²) in [5.74, 6) is 1.86. The number of hydrogen-bond donors (Lipinski definition) is 1. The highest BCUT2D eigenvalue weighted by Crippen LogP contribution is 2.51. The third-order valence-electron chi connectivity index (χ3n) is 4.75. The summed E-state index contributed by atoms with van der Waals surface area (Å²) in [6.45, 7) is 7.33. The van der Waals surface area contributed by atoms with Gasteiger partial charge in [-0.1, -0.05) is 33.1 Å². The molecule has 0 aromatic rings. The molecular formula is C14H27N. The van der Waals surface area contributed by atoms with E-state index < -0.39 is 0 Å². The van der Waals surface area contributed by atoms with Gasteiger partial charge in [-0.2, -0.15) is 0 Å². The smallest absolute Gasteiger partial charge is 0.00104 e. The average molecular weight is 209 g/mol. The predicted molar refractivity (Wildman–Crippen MR) is 65.9 cm³/mol. The highest BCUT2D eigenvalue weighted by Gasteiger charge is 2.44. The van der Waals surface area contributed by atoms with E-state index in [-0.39, 0.29) is 0 Å². The van der Waals surface area contributed by atoms with Gasteiger partial charge in [0.2, 0.25) is 0 Å². The van der Waals surface area contributed by atoms with Gasteiger partial charge in [0.15, 0.2) is 0 Å². The summed E-state index contributed by atoms with van der Waals surface area (Å²) in [6.07, 6.45) is 10.3. The van der Waals surface area contributed by atoms with Crippen LogP contribution in [0.25, 0.3) is 0 Å². The van der Waals surface area contributed by atoms with Crippen LogP contribution in [0.3, 0.4) is 0 Å². The first-order valence-electron chi connectivity index (χ1n) is 6.94. The van der Waals surface area contributed by atoms with Gasteiger partial charge in [-0.25, -0.2) is 0 Å². The molecule has 2 rings (SSSR count). The van der Waals surface area contributed by atoms with Crippen LogP contribution in [0.15, 0.2) is 0 Å². The van der Waals surface area contributed by atoms with Crippen LogP contribution in [0, 0.1) is 17.3 Å². The van der Waals surface area contributed by atoms with Crippen molar-refractivity contribution in [3.05, 3.63) is 0 Å². The summed E-state index contributed by atoms with van der Waals surface area (Å²) >= 11 is 0. The van der Waals surface area contributed by atoms with Gasteiger partial charge in [-0.15, -0.1) is 0 Å². The van der Waals surface area contributed by atoms with E-state index in [0.29, 0.717) is 5.41 Å². The maximum absolute atomic E-state index is 3.74. The van der Waals surface area contributed by atoms with Gasteiger partial charge >= 0.3 is 0 Å². The summed E-state index contributed by atoms with van der Waals surface area (Å²) in [6, 6.07) is 0. The second kappa shape index (κ2) is 4.86. The molecule has 1 N–H and O–H groups in total.